The molecule has 2 aromatic carbocycles. The lowest BCUT2D eigenvalue weighted by Gasteiger charge is -2.15. The number of hydrogen-bond donors (Lipinski definition) is 1. The highest BCUT2D eigenvalue weighted by Crippen LogP contribution is 2.34. The van der Waals surface area contributed by atoms with Gasteiger partial charge in [-0.25, -0.2) is 9.78 Å². The second-order valence-electron chi connectivity index (χ2n) is 6.84. The molecular weight excluding hydrogens is 510 g/mol. The van der Waals surface area contributed by atoms with Crippen LogP contribution >= 0.6 is 23.2 Å². The Morgan fingerprint density at radius 2 is 1.74 bits per heavy atom. The van der Waals surface area contributed by atoms with Crippen LogP contribution in [0.3, 0.4) is 0 Å². The fourth-order valence-corrected chi connectivity index (χ4v) is 3.43. The van der Waals surface area contributed by atoms with Crippen LogP contribution < -0.4 is 10.1 Å². The maximum atomic E-state index is 13.5. The minimum atomic E-state index is -4.78. The van der Waals surface area contributed by atoms with Gasteiger partial charge in [0.05, 0.1) is 36.2 Å². The van der Waals surface area contributed by atoms with E-state index in [1.807, 2.05) is 0 Å². The number of esters is 1. The second-order valence-corrected chi connectivity index (χ2v) is 7.65. The van der Waals surface area contributed by atoms with Gasteiger partial charge in [0.1, 0.15) is 12.2 Å². The molecule has 0 aliphatic heterocycles. The van der Waals surface area contributed by atoms with Crippen LogP contribution in [0.5, 0.6) is 5.88 Å². The van der Waals surface area contributed by atoms with Crippen LogP contribution in [0, 0.1) is 0 Å². The van der Waals surface area contributed by atoms with Crippen LogP contribution in [0.1, 0.15) is 16.8 Å². The van der Waals surface area contributed by atoms with E-state index in [1.54, 1.807) is 30.3 Å². The van der Waals surface area contributed by atoms with Gasteiger partial charge in [-0.05, 0) is 23.3 Å². The lowest BCUT2D eigenvalue weighted by Crippen LogP contribution is -2.12. The van der Waals surface area contributed by atoms with Crippen LogP contribution in [0.2, 0.25) is 10.0 Å². The number of carbonyl (C=O) groups excluding carboxylic acids is 1. The maximum Gasteiger partial charge on any atom is 0.433 e. The van der Waals surface area contributed by atoms with Gasteiger partial charge >= 0.3 is 12.1 Å². The second kappa shape index (κ2) is 11.3. The Hall–Kier alpha value is -3.50. The van der Waals surface area contributed by atoms with Crippen LogP contribution in [-0.4, -0.2) is 30.2 Å². The zero-order valence-corrected chi connectivity index (χ0v) is 19.8. The van der Waals surface area contributed by atoms with Gasteiger partial charge in [0.2, 0.25) is 11.8 Å². The number of nitrogens with zero attached hydrogens (tertiary/aromatic N) is 2. The normalized spacial score (nSPS) is 11.7. The van der Waals surface area contributed by atoms with Gasteiger partial charge in [-0.2, -0.15) is 18.2 Å². The number of hydrogen-bond acceptors (Lipinski definition) is 7. The van der Waals surface area contributed by atoms with Crippen molar-refractivity contribution in [3.63, 3.8) is 0 Å². The van der Waals surface area contributed by atoms with E-state index < -0.39 is 23.8 Å². The Balaban J connectivity index is 1.95. The standard InChI is InChI=1S/C23H18Cl2F3N3O4/c1-33-12-15(21(32)34-2)14-7-4-3-6-13(14)11-35-19-10-18(23(26,27)28)29-22(30-19)31-20-16(24)8-5-9-17(20)25/h3-10,12H,11H2,1-2H3,(H,29,30,31)/b15-12+. The predicted molar refractivity (Wildman–Crippen MR) is 125 cm³/mol. The molecule has 3 rings (SSSR count). The van der Waals surface area contributed by atoms with Gasteiger partial charge in [0, 0.05) is 6.07 Å². The Labute approximate surface area is 208 Å². The highest BCUT2D eigenvalue weighted by atomic mass is 35.5. The maximum absolute atomic E-state index is 13.5. The van der Waals surface area contributed by atoms with Crippen LogP contribution in [0.15, 0.2) is 54.8 Å². The van der Waals surface area contributed by atoms with Crippen molar-refractivity contribution in [2.24, 2.45) is 0 Å². The molecule has 7 nitrogen and oxygen atoms in total. The average Bonchev–Trinajstić information content (AvgIpc) is 2.83. The molecule has 1 heterocycles. The highest BCUT2D eigenvalue weighted by Gasteiger charge is 2.34. The molecule has 0 bridgehead atoms. The van der Waals surface area contributed by atoms with E-state index in [1.165, 1.54) is 32.6 Å². The molecule has 0 fully saturated rings. The first-order valence-electron chi connectivity index (χ1n) is 9.83. The number of carbonyl (C=O) groups is 1. The number of halogens is 5. The zero-order chi connectivity index (χ0) is 25.6. The summed E-state index contributed by atoms with van der Waals surface area (Å²) in [5.74, 6) is -1.46. The van der Waals surface area contributed by atoms with Crippen molar-refractivity contribution in [3.8, 4) is 5.88 Å². The molecule has 3 aromatic rings. The molecule has 0 amide bonds. The first kappa shape index (κ1) is 26.1. The Morgan fingerprint density at radius 3 is 2.37 bits per heavy atom. The molecule has 184 valence electrons. The molecule has 0 aliphatic rings. The van der Waals surface area contributed by atoms with E-state index in [4.69, 9.17) is 37.4 Å². The number of methoxy groups -OCH3 is 2. The van der Waals surface area contributed by atoms with Crippen molar-refractivity contribution in [2.75, 3.05) is 19.5 Å². The molecule has 1 aromatic heterocycles. The number of aromatic nitrogens is 2. The first-order chi connectivity index (χ1) is 16.6. The number of anilines is 2. The summed E-state index contributed by atoms with van der Waals surface area (Å²) in [4.78, 5) is 19.7. The van der Waals surface area contributed by atoms with E-state index in [0.717, 1.165) is 0 Å². The van der Waals surface area contributed by atoms with E-state index in [0.29, 0.717) is 17.2 Å². The highest BCUT2D eigenvalue weighted by molar-refractivity contribution is 6.39. The number of para-hydroxylation sites is 1. The van der Waals surface area contributed by atoms with Crippen LogP contribution in [-0.2, 0) is 27.1 Å². The summed E-state index contributed by atoms with van der Waals surface area (Å²) in [6.45, 7) is -0.227. The lowest BCUT2D eigenvalue weighted by molar-refractivity contribution is -0.141. The summed E-state index contributed by atoms with van der Waals surface area (Å²) < 4.78 is 55.8. The minimum Gasteiger partial charge on any atom is -0.503 e. The quantitative estimate of drug-likeness (QED) is 0.209. The van der Waals surface area contributed by atoms with Gasteiger partial charge in [0.15, 0.2) is 5.69 Å². The van der Waals surface area contributed by atoms with Gasteiger partial charge in [0.25, 0.3) is 0 Å². The minimum absolute atomic E-state index is 0.101. The topological polar surface area (TPSA) is 82.6 Å². The van der Waals surface area contributed by atoms with E-state index in [9.17, 15) is 18.0 Å². The SMILES string of the molecule is CO/C=C(/C(=O)OC)c1ccccc1COc1cc(C(F)(F)F)nc(Nc2c(Cl)cccc2Cl)n1. The zero-order valence-electron chi connectivity index (χ0n) is 18.3. The summed E-state index contributed by atoms with van der Waals surface area (Å²) >= 11 is 12.2. The van der Waals surface area contributed by atoms with Gasteiger partial charge in [-0.15, -0.1) is 0 Å². The Bertz CT molecular complexity index is 1230. The van der Waals surface area contributed by atoms with Gasteiger partial charge in [-0.1, -0.05) is 53.5 Å². The molecule has 0 aliphatic carbocycles. The van der Waals surface area contributed by atoms with E-state index in [2.05, 4.69) is 15.3 Å². The molecule has 12 heteroatoms. The van der Waals surface area contributed by atoms with Crippen LogP contribution in [0.4, 0.5) is 24.8 Å². The number of nitrogens with one attached hydrogen (secondary N) is 1. The smallest absolute Gasteiger partial charge is 0.433 e. The summed E-state index contributed by atoms with van der Waals surface area (Å²) in [5, 5.41) is 2.93. The fraction of sp³-hybridized carbons (Fsp3) is 0.174. The monoisotopic (exact) mass is 527 g/mol. The largest absolute Gasteiger partial charge is 0.503 e. The number of ether oxygens (including phenoxy) is 3. The molecule has 1 N–H and O–H groups in total. The van der Waals surface area contributed by atoms with E-state index >= 15 is 0 Å². The van der Waals surface area contributed by atoms with Crippen molar-refractivity contribution >= 4 is 46.4 Å². The molecule has 0 spiro atoms. The summed E-state index contributed by atoms with van der Waals surface area (Å²) in [5.41, 5.74) is -0.122. The van der Waals surface area contributed by atoms with Crippen molar-refractivity contribution in [2.45, 2.75) is 12.8 Å². The molecule has 0 saturated heterocycles. The Kier molecular flexibility index (Phi) is 8.42. The van der Waals surface area contributed by atoms with Crippen molar-refractivity contribution in [1.29, 1.82) is 0 Å². The number of rotatable bonds is 8. The van der Waals surface area contributed by atoms with Gasteiger partial charge < -0.3 is 19.5 Å². The van der Waals surface area contributed by atoms with Gasteiger partial charge in [-0.3, -0.25) is 0 Å². The number of benzene rings is 2. The van der Waals surface area contributed by atoms with Crippen LogP contribution in [0.25, 0.3) is 5.57 Å². The molecule has 0 unspecified atom stereocenters. The predicted octanol–water partition coefficient (Wildman–Crippen LogP) is 6.29. The third-order valence-corrected chi connectivity index (χ3v) is 5.15. The fourth-order valence-electron chi connectivity index (χ4n) is 2.94. The third kappa shape index (κ3) is 6.55. The number of alkyl halides is 3. The van der Waals surface area contributed by atoms with E-state index in [-0.39, 0.29) is 33.8 Å². The molecule has 35 heavy (non-hydrogen) atoms. The van der Waals surface area contributed by atoms with Crippen molar-refractivity contribution in [1.82, 2.24) is 9.97 Å². The summed E-state index contributed by atoms with van der Waals surface area (Å²) in [6.07, 6.45) is -3.58. The van der Waals surface area contributed by atoms with Crippen molar-refractivity contribution in [3.05, 3.63) is 81.7 Å². The Morgan fingerprint density at radius 1 is 1.06 bits per heavy atom. The molecule has 0 radical (unpaired) electrons. The summed E-state index contributed by atoms with van der Waals surface area (Å²) in [6, 6.07) is 11.9. The molecular formula is C23H18Cl2F3N3O4. The third-order valence-electron chi connectivity index (χ3n) is 4.52. The lowest BCUT2D eigenvalue weighted by atomic mass is 10.0. The average molecular weight is 528 g/mol. The molecule has 0 saturated carbocycles. The van der Waals surface area contributed by atoms with Crippen molar-refractivity contribution < 1.29 is 32.2 Å². The molecule has 0 atom stereocenters. The summed E-state index contributed by atoms with van der Waals surface area (Å²) in [7, 11) is 2.58. The first-order valence-corrected chi connectivity index (χ1v) is 10.6.